The van der Waals surface area contributed by atoms with Crippen molar-refractivity contribution in [2.75, 3.05) is 6.26 Å². The van der Waals surface area contributed by atoms with Crippen LogP contribution in [0, 0.1) is 0 Å². The second kappa shape index (κ2) is 8.67. The third kappa shape index (κ3) is 4.32. The largest absolute Gasteiger partial charge is 0.489 e. The molecule has 0 spiro atoms. The Kier molecular flexibility index (Phi) is 6.07. The first-order valence-corrected chi connectivity index (χ1v) is 9.71. The number of hydrogen-bond acceptors (Lipinski definition) is 5. The fourth-order valence-corrected chi connectivity index (χ4v) is 2.90. The third-order valence-corrected chi connectivity index (χ3v) is 4.46. The van der Waals surface area contributed by atoms with Gasteiger partial charge in [0.05, 0.1) is 6.21 Å². The van der Waals surface area contributed by atoms with Crippen LogP contribution in [-0.4, -0.2) is 27.3 Å². The van der Waals surface area contributed by atoms with E-state index in [9.17, 15) is 0 Å². The number of aromatic nitrogens is 3. The Morgan fingerprint density at radius 3 is 2.54 bits per heavy atom. The molecule has 0 atom stereocenters. The van der Waals surface area contributed by atoms with Gasteiger partial charge in [-0.05, 0) is 24.0 Å². The molecule has 2 aromatic carbocycles. The van der Waals surface area contributed by atoms with Crippen molar-refractivity contribution in [1.29, 1.82) is 0 Å². The summed E-state index contributed by atoms with van der Waals surface area (Å²) in [6, 6.07) is 17.9. The summed E-state index contributed by atoms with van der Waals surface area (Å²) in [7, 11) is 0. The van der Waals surface area contributed by atoms with E-state index in [0.717, 1.165) is 27.9 Å². The van der Waals surface area contributed by atoms with E-state index in [4.69, 9.17) is 4.74 Å². The van der Waals surface area contributed by atoms with Crippen molar-refractivity contribution in [2.24, 2.45) is 5.10 Å². The van der Waals surface area contributed by atoms with Gasteiger partial charge in [-0.3, -0.25) is 0 Å². The molecule has 0 N–H and O–H groups in total. The Balaban J connectivity index is 1.82. The standard InChI is InChI=1S/C20H22N4OS/c1-15(2)19-22-23-20(26-3)24(19)21-13-16-9-7-8-10-17(16)14-25-18-11-5-4-6-12-18/h4-13,15H,14H2,1-3H3/b21-13-. The van der Waals surface area contributed by atoms with Gasteiger partial charge in [-0.15, -0.1) is 10.2 Å². The lowest BCUT2D eigenvalue weighted by Gasteiger charge is -2.09. The number of hydrogen-bond donors (Lipinski definition) is 0. The lowest BCUT2D eigenvalue weighted by Crippen LogP contribution is -2.04. The zero-order valence-electron chi connectivity index (χ0n) is 15.2. The smallest absolute Gasteiger partial charge is 0.211 e. The van der Waals surface area contributed by atoms with Crippen LogP contribution in [0.5, 0.6) is 5.75 Å². The summed E-state index contributed by atoms with van der Waals surface area (Å²) in [5.41, 5.74) is 2.09. The molecule has 0 amide bonds. The Morgan fingerprint density at radius 2 is 1.81 bits per heavy atom. The van der Waals surface area contributed by atoms with E-state index in [1.165, 1.54) is 11.8 Å². The number of rotatable bonds is 7. The molecule has 26 heavy (non-hydrogen) atoms. The maximum atomic E-state index is 5.88. The maximum absolute atomic E-state index is 5.88. The molecule has 3 rings (SSSR count). The van der Waals surface area contributed by atoms with Crippen LogP contribution in [0.15, 0.2) is 64.9 Å². The van der Waals surface area contributed by atoms with Gasteiger partial charge in [-0.2, -0.15) is 9.78 Å². The molecule has 0 aliphatic carbocycles. The van der Waals surface area contributed by atoms with Crippen molar-refractivity contribution in [3.63, 3.8) is 0 Å². The molecule has 0 radical (unpaired) electrons. The molecular weight excluding hydrogens is 344 g/mol. The van der Waals surface area contributed by atoms with Gasteiger partial charge in [0.25, 0.3) is 0 Å². The van der Waals surface area contributed by atoms with Crippen molar-refractivity contribution >= 4 is 18.0 Å². The highest BCUT2D eigenvalue weighted by atomic mass is 32.2. The average molecular weight is 366 g/mol. The van der Waals surface area contributed by atoms with Crippen LogP contribution in [-0.2, 0) is 6.61 Å². The molecule has 0 saturated heterocycles. The first-order valence-electron chi connectivity index (χ1n) is 8.48. The van der Waals surface area contributed by atoms with Crippen molar-refractivity contribution in [3.8, 4) is 5.75 Å². The van der Waals surface area contributed by atoms with Gasteiger partial charge in [0.1, 0.15) is 12.4 Å². The summed E-state index contributed by atoms with van der Waals surface area (Å²) < 4.78 is 7.69. The number of thioether (sulfide) groups is 1. The molecular formula is C20H22N4OS. The number of nitrogens with zero attached hydrogens (tertiary/aromatic N) is 4. The van der Waals surface area contributed by atoms with Crippen LogP contribution in [0.3, 0.4) is 0 Å². The topological polar surface area (TPSA) is 52.3 Å². The molecule has 5 nitrogen and oxygen atoms in total. The minimum absolute atomic E-state index is 0.247. The van der Waals surface area contributed by atoms with Crippen molar-refractivity contribution in [1.82, 2.24) is 14.9 Å². The highest BCUT2D eigenvalue weighted by Gasteiger charge is 2.13. The first-order chi connectivity index (χ1) is 12.7. The van der Waals surface area contributed by atoms with Crippen molar-refractivity contribution < 1.29 is 4.74 Å². The van der Waals surface area contributed by atoms with E-state index in [1.807, 2.05) is 65.7 Å². The molecule has 0 saturated carbocycles. The third-order valence-electron chi connectivity index (χ3n) is 3.84. The quantitative estimate of drug-likeness (QED) is 0.453. The second-order valence-electron chi connectivity index (χ2n) is 6.06. The van der Waals surface area contributed by atoms with Gasteiger partial charge in [0.15, 0.2) is 5.82 Å². The lowest BCUT2D eigenvalue weighted by atomic mass is 10.1. The predicted octanol–water partition coefficient (Wildman–Crippen LogP) is 4.58. The number of benzene rings is 2. The van der Waals surface area contributed by atoms with Gasteiger partial charge in [0.2, 0.25) is 5.16 Å². The zero-order valence-corrected chi connectivity index (χ0v) is 16.0. The van der Waals surface area contributed by atoms with Crippen LogP contribution in [0.25, 0.3) is 0 Å². The molecule has 0 bridgehead atoms. The van der Waals surface area contributed by atoms with Gasteiger partial charge in [0, 0.05) is 11.5 Å². The average Bonchev–Trinajstić information content (AvgIpc) is 3.09. The monoisotopic (exact) mass is 366 g/mol. The summed E-state index contributed by atoms with van der Waals surface area (Å²) >= 11 is 1.53. The van der Waals surface area contributed by atoms with Crippen LogP contribution in [0.2, 0.25) is 0 Å². The normalized spacial score (nSPS) is 11.4. The maximum Gasteiger partial charge on any atom is 0.211 e. The van der Waals surface area contributed by atoms with Gasteiger partial charge in [-0.1, -0.05) is 68.1 Å². The lowest BCUT2D eigenvalue weighted by molar-refractivity contribution is 0.306. The summed E-state index contributed by atoms with van der Waals surface area (Å²) in [5, 5.41) is 13.9. The molecule has 6 heteroatoms. The summed E-state index contributed by atoms with van der Waals surface area (Å²) in [6.45, 7) is 4.66. The van der Waals surface area contributed by atoms with E-state index < -0.39 is 0 Å². The van der Waals surface area contributed by atoms with Crippen LogP contribution in [0.4, 0.5) is 0 Å². The van der Waals surface area contributed by atoms with E-state index >= 15 is 0 Å². The Labute approximate surface area is 158 Å². The van der Waals surface area contributed by atoms with E-state index in [-0.39, 0.29) is 5.92 Å². The second-order valence-corrected chi connectivity index (χ2v) is 6.83. The van der Waals surface area contributed by atoms with Crippen molar-refractivity contribution in [2.45, 2.75) is 31.5 Å². The van der Waals surface area contributed by atoms with Crippen LogP contribution in [0.1, 0.15) is 36.7 Å². The van der Waals surface area contributed by atoms with Crippen LogP contribution < -0.4 is 4.74 Å². The predicted molar refractivity (Wildman–Crippen MR) is 106 cm³/mol. The molecule has 1 heterocycles. The summed E-state index contributed by atoms with van der Waals surface area (Å²) in [5.74, 6) is 1.95. The minimum Gasteiger partial charge on any atom is -0.489 e. The number of ether oxygens (including phenoxy) is 1. The highest BCUT2D eigenvalue weighted by molar-refractivity contribution is 7.98. The van der Waals surface area contributed by atoms with Crippen molar-refractivity contribution in [3.05, 3.63) is 71.5 Å². The first kappa shape index (κ1) is 18.2. The van der Waals surface area contributed by atoms with E-state index in [1.54, 1.807) is 0 Å². The van der Waals surface area contributed by atoms with E-state index in [2.05, 4.69) is 35.2 Å². The number of para-hydroxylation sites is 1. The Hall–Kier alpha value is -2.60. The fourth-order valence-electron chi connectivity index (χ4n) is 2.46. The molecule has 0 aliphatic heterocycles. The molecule has 134 valence electrons. The zero-order chi connectivity index (χ0) is 18.4. The molecule has 3 aromatic rings. The van der Waals surface area contributed by atoms with Crippen LogP contribution >= 0.6 is 11.8 Å². The SMILES string of the molecule is CSc1nnc(C(C)C)n1/N=C\c1ccccc1COc1ccccc1. The molecule has 1 aromatic heterocycles. The van der Waals surface area contributed by atoms with E-state index in [0.29, 0.717) is 6.61 Å². The Morgan fingerprint density at radius 1 is 1.08 bits per heavy atom. The highest BCUT2D eigenvalue weighted by Crippen LogP contribution is 2.19. The fraction of sp³-hybridized carbons (Fsp3) is 0.250. The minimum atomic E-state index is 0.247. The Bertz CT molecular complexity index is 875. The summed E-state index contributed by atoms with van der Waals surface area (Å²) in [6.07, 6.45) is 3.82. The van der Waals surface area contributed by atoms with Gasteiger partial charge in [-0.25, -0.2) is 0 Å². The van der Waals surface area contributed by atoms with Gasteiger partial charge >= 0.3 is 0 Å². The summed E-state index contributed by atoms with van der Waals surface area (Å²) in [4.78, 5) is 0. The molecule has 0 unspecified atom stereocenters. The molecule has 0 aliphatic rings. The van der Waals surface area contributed by atoms with Gasteiger partial charge < -0.3 is 4.74 Å². The molecule has 0 fully saturated rings.